The van der Waals surface area contributed by atoms with Gasteiger partial charge in [-0.05, 0) is 47.5 Å². The topological polar surface area (TPSA) is 178 Å². The van der Waals surface area contributed by atoms with E-state index < -0.39 is 11.9 Å². The molecule has 28 heavy (non-hydrogen) atoms. The van der Waals surface area contributed by atoms with Crippen molar-refractivity contribution in [2.75, 3.05) is 11.5 Å². The SMILES string of the molecule is Nc1ccc(C(=O)[O-])cc1.Nc1ccc(C(=O)[O-])cc1.[OH3+].[Zn+2].c1ccncc1. The summed E-state index contributed by atoms with van der Waals surface area (Å²) in [6.07, 6.45) is 3.50. The van der Waals surface area contributed by atoms with Gasteiger partial charge in [0.25, 0.3) is 0 Å². The Bertz CT molecular complexity index is 731. The number of anilines is 2. The number of carboxylic acid groups (broad SMARTS) is 2. The number of nitrogen functional groups attached to an aromatic ring is 2. The minimum Gasteiger partial charge on any atom is -0.545 e. The van der Waals surface area contributed by atoms with Crippen molar-refractivity contribution in [1.82, 2.24) is 4.98 Å². The summed E-state index contributed by atoms with van der Waals surface area (Å²) in [6.45, 7) is 0. The van der Waals surface area contributed by atoms with Crippen LogP contribution in [0.2, 0.25) is 0 Å². The maximum atomic E-state index is 10.2. The van der Waals surface area contributed by atoms with Crippen LogP contribution in [-0.4, -0.2) is 16.9 Å². The van der Waals surface area contributed by atoms with Crippen LogP contribution in [0.25, 0.3) is 0 Å². The first-order chi connectivity index (χ1) is 12.4. The number of aromatic carboxylic acids is 2. The predicted molar refractivity (Wildman–Crippen MR) is 99.5 cm³/mol. The number of carboxylic acids is 2. The third kappa shape index (κ3) is 11.4. The molecule has 3 aromatic rings. The Balaban J connectivity index is 0. The van der Waals surface area contributed by atoms with Crippen molar-refractivity contribution in [3.63, 3.8) is 0 Å². The summed E-state index contributed by atoms with van der Waals surface area (Å²) < 4.78 is 0. The second-order valence-electron chi connectivity index (χ2n) is 4.84. The van der Waals surface area contributed by atoms with Crippen molar-refractivity contribution in [2.24, 2.45) is 0 Å². The maximum Gasteiger partial charge on any atom is 2.00 e. The molecule has 0 aliphatic heterocycles. The van der Waals surface area contributed by atoms with E-state index in [1.807, 2.05) is 18.2 Å². The van der Waals surface area contributed by atoms with Gasteiger partial charge < -0.3 is 36.7 Å². The average Bonchev–Trinajstić information content (AvgIpc) is 2.65. The van der Waals surface area contributed by atoms with Gasteiger partial charge in [0.1, 0.15) is 0 Å². The van der Waals surface area contributed by atoms with E-state index in [2.05, 4.69) is 4.98 Å². The van der Waals surface area contributed by atoms with Gasteiger partial charge in [-0.15, -0.1) is 0 Å². The molecule has 1 heterocycles. The number of hydrogen-bond donors (Lipinski definition) is 2. The fourth-order valence-corrected chi connectivity index (χ4v) is 1.55. The molecular weight excluding hydrogens is 416 g/mol. The molecule has 7 N–H and O–H groups in total. The van der Waals surface area contributed by atoms with E-state index in [-0.39, 0.29) is 36.1 Å². The van der Waals surface area contributed by atoms with Crippen LogP contribution in [-0.2, 0) is 25.0 Å². The van der Waals surface area contributed by atoms with Crippen LogP contribution in [0.5, 0.6) is 0 Å². The molecule has 0 saturated carbocycles. The molecule has 1 aromatic heterocycles. The van der Waals surface area contributed by atoms with Crippen LogP contribution < -0.4 is 21.7 Å². The molecule has 0 amide bonds. The van der Waals surface area contributed by atoms with E-state index in [4.69, 9.17) is 11.5 Å². The summed E-state index contributed by atoms with van der Waals surface area (Å²) in [6, 6.07) is 17.4. The van der Waals surface area contributed by atoms with Gasteiger partial charge in [-0.25, -0.2) is 0 Å². The molecule has 0 fully saturated rings. The van der Waals surface area contributed by atoms with Crippen LogP contribution in [0.3, 0.4) is 0 Å². The van der Waals surface area contributed by atoms with Crippen molar-refractivity contribution in [3.05, 3.63) is 90.3 Å². The monoisotopic (exact) mass is 434 g/mol. The molecule has 0 unspecified atom stereocenters. The molecule has 142 valence electrons. The minimum absolute atomic E-state index is 0. The third-order valence-corrected chi connectivity index (χ3v) is 2.86. The zero-order valence-corrected chi connectivity index (χ0v) is 18.0. The third-order valence-electron chi connectivity index (χ3n) is 2.86. The van der Waals surface area contributed by atoms with Crippen LogP contribution in [0.15, 0.2) is 79.1 Å². The summed E-state index contributed by atoms with van der Waals surface area (Å²) in [5, 5.41) is 20.3. The van der Waals surface area contributed by atoms with Gasteiger partial charge in [0.15, 0.2) is 0 Å². The molecule has 2 aromatic carbocycles. The van der Waals surface area contributed by atoms with Gasteiger partial charge in [-0.1, -0.05) is 30.3 Å². The maximum absolute atomic E-state index is 10.2. The van der Waals surface area contributed by atoms with E-state index in [0.29, 0.717) is 11.4 Å². The minimum atomic E-state index is -1.18. The largest absolute Gasteiger partial charge is 2.00 e. The molecule has 0 saturated heterocycles. The number of pyridine rings is 1. The molecule has 0 atom stereocenters. The van der Waals surface area contributed by atoms with Crippen molar-refractivity contribution in [3.8, 4) is 0 Å². The van der Waals surface area contributed by atoms with E-state index in [1.54, 1.807) is 12.4 Å². The summed E-state index contributed by atoms with van der Waals surface area (Å²) in [7, 11) is 0. The van der Waals surface area contributed by atoms with Gasteiger partial charge in [0, 0.05) is 23.8 Å². The molecule has 0 radical (unpaired) electrons. The number of rotatable bonds is 2. The predicted octanol–water partition coefficient (Wildman–Crippen LogP) is -0.578. The van der Waals surface area contributed by atoms with Crippen LogP contribution >= 0.6 is 0 Å². The van der Waals surface area contributed by atoms with Gasteiger partial charge >= 0.3 is 19.5 Å². The van der Waals surface area contributed by atoms with Crippen molar-refractivity contribution >= 4 is 23.3 Å². The fourth-order valence-electron chi connectivity index (χ4n) is 1.55. The van der Waals surface area contributed by atoms with Gasteiger partial charge in [0.05, 0.1) is 11.9 Å². The molecule has 8 nitrogen and oxygen atoms in total. The first-order valence-corrected chi connectivity index (χ1v) is 7.39. The Hall–Kier alpha value is -3.29. The van der Waals surface area contributed by atoms with E-state index >= 15 is 0 Å². The average molecular weight is 436 g/mol. The Morgan fingerprint density at radius 3 is 1.18 bits per heavy atom. The standard InChI is InChI=1S/2C7H7NO2.C5H5N.H2O.Zn/c2*8-6-3-1-5(2-4-6)7(9)10;1-2-4-6-5-3-1;;/h2*1-4H,8H2,(H,9,10);1-5H;1H2;/q;;;;+2/p-1. The zero-order chi connectivity index (χ0) is 19.4. The van der Waals surface area contributed by atoms with Crippen molar-refractivity contribution < 1.29 is 44.8 Å². The number of carbonyl (C=O) groups excluding carboxylic acids is 2. The number of nitrogens with two attached hydrogens (primary N) is 2. The van der Waals surface area contributed by atoms with E-state index in [0.717, 1.165) is 0 Å². The Kier molecular flexibility index (Phi) is 14.3. The quantitative estimate of drug-likeness (QED) is 0.307. The number of benzene rings is 2. The smallest absolute Gasteiger partial charge is 0.545 e. The van der Waals surface area contributed by atoms with Crippen molar-refractivity contribution in [2.45, 2.75) is 0 Å². The van der Waals surface area contributed by atoms with Gasteiger partial charge in [0.2, 0.25) is 0 Å². The molecule has 9 heteroatoms. The second kappa shape index (κ2) is 14.8. The molecule has 0 aliphatic carbocycles. The molecule has 0 aliphatic rings. The Morgan fingerprint density at radius 2 is 1.00 bits per heavy atom. The molecule has 3 rings (SSSR count). The fraction of sp³-hybridized carbons (Fsp3) is 0. The van der Waals surface area contributed by atoms with Gasteiger partial charge in [-0.2, -0.15) is 0 Å². The van der Waals surface area contributed by atoms with E-state index in [9.17, 15) is 19.8 Å². The molecule has 0 bridgehead atoms. The normalized spacial score (nSPS) is 8.29. The second-order valence-corrected chi connectivity index (χ2v) is 4.84. The molecule has 0 spiro atoms. The van der Waals surface area contributed by atoms with Crippen LogP contribution in [0.1, 0.15) is 20.7 Å². The first-order valence-electron chi connectivity index (χ1n) is 7.39. The number of nitrogens with zero attached hydrogens (tertiary/aromatic N) is 1. The summed E-state index contributed by atoms with van der Waals surface area (Å²) in [4.78, 5) is 24.1. The number of carbonyl (C=O) groups is 2. The van der Waals surface area contributed by atoms with Crippen LogP contribution in [0, 0.1) is 0 Å². The Morgan fingerprint density at radius 1 is 0.679 bits per heavy atom. The summed E-state index contributed by atoms with van der Waals surface area (Å²) in [5.41, 5.74) is 12.0. The number of aromatic nitrogens is 1. The van der Waals surface area contributed by atoms with Crippen LogP contribution in [0.4, 0.5) is 11.4 Å². The number of hydrogen-bond acceptors (Lipinski definition) is 7. The van der Waals surface area contributed by atoms with E-state index in [1.165, 1.54) is 48.5 Å². The Labute approximate surface area is 174 Å². The molecular formula is C19H20N3O5Zn+. The first kappa shape index (κ1) is 26.9. The van der Waals surface area contributed by atoms with Gasteiger partial charge in [-0.3, -0.25) is 4.98 Å². The summed E-state index contributed by atoms with van der Waals surface area (Å²) in [5.74, 6) is -2.36. The van der Waals surface area contributed by atoms with Crippen molar-refractivity contribution in [1.29, 1.82) is 0 Å². The summed E-state index contributed by atoms with van der Waals surface area (Å²) >= 11 is 0. The zero-order valence-electron chi connectivity index (χ0n) is 15.0.